The molecule has 0 saturated heterocycles. The minimum Gasteiger partial charge on any atom is -0.692 e. The molecule has 4 heteroatoms. The fraction of sp³-hybridized carbons (Fsp3) is 0.143. The van der Waals surface area contributed by atoms with Gasteiger partial charge < -0.3 is 5.21 Å². The van der Waals surface area contributed by atoms with Crippen LogP contribution in [0.3, 0.4) is 0 Å². The molecule has 0 saturated carbocycles. The van der Waals surface area contributed by atoms with Crippen LogP contribution < -0.4 is 4.85 Å². The average molecular weight is 239 g/mol. The van der Waals surface area contributed by atoms with E-state index < -0.39 is 0 Å². The van der Waals surface area contributed by atoms with Crippen LogP contribution >= 0.6 is 0 Å². The zero-order valence-electron chi connectivity index (χ0n) is 10.3. The van der Waals surface area contributed by atoms with Crippen LogP contribution in [0.4, 0.5) is 0 Å². The Morgan fingerprint density at radius 3 is 2.39 bits per heavy atom. The fourth-order valence-electron chi connectivity index (χ4n) is 1.96. The average Bonchev–Trinajstić information content (AvgIpc) is 2.68. The Labute approximate surface area is 105 Å². The van der Waals surface area contributed by atoms with Crippen LogP contribution in [-0.2, 0) is 0 Å². The van der Waals surface area contributed by atoms with Gasteiger partial charge in [0.25, 0.3) is 0 Å². The molecule has 0 fully saturated rings. The highest BCUT2D eigenvalue weighted by Gasteiger charge is 2.15. The van der Waals surface area contributed by atoms with Gasteiger partial charge >= 0.3 is 0 Å². The lowest BCUT2D eigenvalue weighted by Crippen LogP contribution is -2.37. The van der Waals surface area contributed by atoms with Crippen molar-refractivity contribution >= 4 is 11.0 Å². The van der Waals surface area contributed by atoms with Gasteiger partial charge in [-0.15, -0.1) is 4.85 Å². The van der Waals surface area contributed by atoms with Crippen LogP contribution in [0.25, 0.3) is 16.7 Å². The normalized spacial score (nSPS) is 11.0. The van der Waals surface area contributed by atoms with E-state index in [2.05, 4.69) is 5.10 Å². The largest absolute Gasteiger partial charge is 0.692 e. The Balaban J connectivity index is 2.23. The molecule has 0 aliphatic rings. The minimum absolute atomic E-state index is 0.593. The van der Waals surface area contributed by atoms with Gasteiger partial charge in [-0.1, -0.05) is 23.8 Å². The molecule has 3 aromatic rings. The summed E-state index contributed by atoms with van der Waals surface area (Å²) in [5.41, 5.74) is 4.27. The van der Waals surface area contributed by atoms with Crippen LogP contribution in [0.5, 0.6) is 0 Å². The Hall–Kier alpha value is -2.36. The quantitative estimate of drug-likeness (QED) is 0.483. The molecule has 0 atom stereocenters. The first-order chi connectivity index (χ1) is 8.65. The molecule has 2 aromatic carbocycles. The van der Waals surface area contributed by atoms with Crippen molar-refractivity contribution in [1.29, 1.82) is 0 Å². The lowest BCUT2D eigenvalue weighted by molar-refractivity contribution is -0.664. The van der Waals surface area contributed by atoms with Crippen molar-refractivity contribution in [3.63, 3.8) is 0 Å². The molecule has 1 aromatic heterocycles. The molecular weight excluding hydrogens is 226 g/mol. The fourth-order valence-corrected chi connectivity index (χ4v) is 1.96. The predicted molar refractivity (Wildman–Crippen MR) is 69.5 cm³/mol. The van der Waals surface area contributed by atoms with E-state index in [0.29, 0.717) is 11.0 Å². The monoisotopic (exact) mass is 239 g/mol. The standard InChI is InChI=1S/C14H13N3O/c1-10-3-6-12(7-4-10)16-15-13-8-5-11(2)9-14(13)17(16)18/h3-9H,1-2H3. The number of aryl methyl sites for hydroxylation is 2. The maximum Gasteiger partial charge on any atom is 0.250 e. The first-order valence-corrected chi connectivity index (χ1v) is 5.81. The molecule has 4 nitrogen and oxygen atoms in total. The summed E-state index contributed by atoms with van der Waals surface area (Å²) < 4.78 is 0. The molecule has 0 aliphatic heterocycles. The van der Waals surface area contributed by atoms with Crippen molar-refractivity contribution in [1.82, 2.24) is 9.90 Å². The van der Waals surface area contributed by atoms with Gasteiger partial charge in [0.05, 0.1) is 5.10 Å². The Morgan fingerprint density at radius 1 is 1.00 bits per heavy atom. The summed E-state index contributed by atoms with van der Waals surface area (Å²) in [6.07, 6.45) is 0. The molecule has 0 spiro atoms. The van der Waals surface area contributed by atoms with E-state index in [-0.39, 0.29) is 0 Å². The lowest BCUT2D eigenvalue weighted by atomic mass is 10.2. The second kappa shape index (κ2) is 3.84. The van der Waals surface area contributed by atoms with Crippen LogP contribution in [0.1, 0.15) is 11.1 Å². The maximum absolute atomic E-state index is 12.2. The third-order valence-corrected chi connectivity index (χ3v) is 2.98. The predicted octanol–water partition coefficient (Wildman–Crippen LogP) is 2.28. The smallest absolute Gasteiger partial charge is 0.250 e. The van der Waals surface area contributed by atoms with Gasteiger partial charge in [-0.05, 0) is 48.5 Å². The first-order valence-electron chi connectivity index (χ1n) is 5.81. The molecule has 0 amide bonds. The molecule has 90 valence electrons. The minimum atomic E-state index is 0.593. The summed E-state index contributed by atoms with van der Waals surface area (Å²) in [6.45, 7) is 3.97. The van der Waals surface area contributed by atoms with Gasteiger partial charge in [-0.25, -0.2) is 0 Å². The number of rotatable bonds is 1. The molecule has 1 heterocycles. The highest BCUT2D eigenvalue weighted by Crippen LogP contribution is 2.13. The van der Waals surface area contributed by atoms with E-state index in [1.807, 2.05) is 56.3 Å². The number of benzene rings is 2. The SMILES string of the molecule is Cc1ccc(-n2nc3ccc(C)cc3[n+]2[O-])cc1. The van der Waals surface area contributed by atoms with Crippen molar-refractivity contribution in [3.05, 3.63) is 58.8 Å². The van der Waals surface area contributed by atoms with Gasteiger partial charge in [0.1, 0.15) is 5.69 Å². The van der Waals surface area contributed by atoms with Crippen LogP contribution in [0.15, 0.2) is 42.5 Å². The molecule has 0 N–H and O–H groups in total. The van der Waals surface area contributed by atoms with Gasteiger partial charge in [-0.3, -0.25) is 0 Å². The number of hydrogen-bond acceptors (Lipinski definition) is 2. The van der Waals surface area contributed by atoms with E-state index in [1.165, 1.54) is 4.80 Å². The summed E-state index contributed by atoms with van der Waals surface area (Å²) in [4.78, 5) is 2.20. The Bertz CT molecular complexity index is 714. The van der Waals surface area contributed by atoms with Crippen LogP contribution in [0, 0.1) is 19.1 Å². The van der Waals surface area contributed by atoms with E-state index in [1.54, 1.807) is 0 Å². The summed E-state index contributed by atoms with van der Waals surface area (Å²) >= 11 is 0. The van der Waals surface area contributed by atoms with Crippen molar-refractivity contribution in [2.24, 2.45) is 0 Å². The van der Waals surface area contributed by atoms with Gasteiger partial charge in [0, 0.05) is 0 Å². The Morgan fingerprint density at radius 2 is 1.67 bits per heavy atom. The molecule has 0 unspecified atom stereocenters. The molecule has 18 heavy (non-hydrogen) atoms. The number of fused-ring (bicyclic) bond motifs is 1. The number of nitrogens with zero attached hydrogens (tertiary/aromatic N) is 3. The van der Waals surface area contributed by atoms with Gasteiger partial charge in [-0.2, -0.15) is 0 Å². The zero-order valence-corrected chi connectivity index (χ0v) is 10.3. The van der Waals surface area contributed by atoms with E-state index in [4.69, 9.17) is 0 Å². The Kier molecular flexibility index (Phi) is 2.30. The topological polar surface area (TPSA) is 44.8 Å². The van der Waals surface area contributed by atoms with Gasteiger partial charge in [0.15, 0.2) is 0 Å². The highest BCUT2D eigenvalue weighted by molar-refractivity contribution is 5.71. The molecule has 0 bridgehead atoms. The first kappa shape index (κ1) is 10.8. The second-order valence-corrected chi connectivity index (χ2v) is 4.49. The van der Waals surface area contributed by atoms with Crippen LogP contribution in [-0.4, -0.2) is 9.90 Å². The van der Waals surface area contributed by atoms with Crippen molar-refractivity contribution in [2.75, 3.05) is 0 Å². The van der Waals surface area contributed by atoms with Crippen molar-refractivity contribution < 1.29 is 4.85 Å². The number of aromatic nitrogens is 3. The second-order valence-electron chi connectivity index (χ2n) is 4.49. The summed E-state index contributed by atoms with van der Waals surface area (Å²) in [7, 11) is 0. The lowest BCUT2D eigenvalue weighted by Gasteiger charge is -2.03. The maximum atomic E-state index is 12.2. The summed E-state index contributed by atoms with van der Waals surface area (Å²) in [5, 5.41) is 16.5. The zero-order chi connectivity index (χ0) is 12.7. The summed E-state index contributed by atoms with van der Waals surface area (Å²) in [5.74, 6) is 0. The number of hydrogen-bond donors (Lipinski definition) is 0. The molecule has 3 rings (SSSR count). The van der Waals surface area contributed by atoms with E-state index in [9.17, 15) is 5.21 Å². The van der Waals surface area contributed by atoms with Crippen molar-refractivity contribution in [2.45, 2.75) is 13.8 Å². The molecular formula is C14H13N3O. The molecule has 0 radical (unpaired) electrons. The van der Waals surface area contributed by atoms with Crippen molar-refractivity contribution in [3.8, 4) is 5.69 Å². The highest BCUT2D eigenvalue weighted by atomic mass is 16.5. The summed E-state index contributed by atoms with van der Waals surface area (Å²) in [6, 6.07) is 13.4. The third-order valence-electron chi connectivity index (χ3n) is 2.98. The third kappa shape index (κ3) is 1.62. The molecule has 0 aliphatic carbocycles. The van der Waals surface area contributed by atoms with E-state index >= 15 is 0 Å². The van der Waals surface area contributed by atoms with Crippen LogP contribution in [0.2, 0.25) is 0 Å². The van der Waals surface area contributed by atoms with Gasteiger partial charge in [0.2, 0.25) is 11.0 Å². The van der Waals surface area contributed by atoms with E-state index in [0.717, 1.165) is 21.7 Å².